The maximum Gasteiger partial charge on any atom is 0.389 e. The van der Waals surface area contributed by atoms with E-state index >= 15 is 0 Å². The molecule has 0 aliphatic carbocycles. The highest BCUT2D eigenvalue weighted by molar-refractivity contribution is 7.09. The van der Waals surface area contributed by atoms with Crippen molar-refractivity contribution in [2.75, 3.05) is 5.88 Å². The number of nitrogens with zero attached hydrogens (tertiary/aromatic N) is 1. The van der Waals surface area contributed by atoms with E-state index in [1.54, 1.807) is 5.38 Å². The summed E-state index contributed by atoms with van der Waals surface area (Å²) in [4.78, 5) is 4.11. The van der Waals surface area contributed by atoms with Gasteiger partial charge >= 0.3 is 6.18 Å². The summed E-state index contributed by atoms with van der Waals surface area (Å²) in [7, 11) is 0. The average molecular weight is 258 g/mol. The summed E-state index contributed by atoms with van der Waals surface area (Å²) in [5.74, 6) is 0.551. The van der Waals surface area contributed by atoms with Gasteiger partial charge in [0, 0.05) is 24.1 Å². The molecule has 1 rings (SSSR count). The van der Waals surface area contributed by atoms with Crippen LogP contribution in [0.15, 0.2) is 5.38 Å². The molecule has 0 aromatic carbocycles. The fourth-order valence-electron chi connectivity index (χ4n) is 1.08. The van der Waals surface area contributed by atoms with Gasteiger partial charge in [-0.05, 0) is 12.8 Å². The van der Waals surface area contributed by atoms with E-state index in [-0.39, 0.29) is 6.42 Å². The molecule has 0 bridgehead atoms. The smallest absolute Gasteiger partial charge is 0.246 e. The summed E-state index contributed by atoms with van der Waals surface area (Å²) in [6, 6.07) is 0. The predicted molar refractivity (Wildman–Crippen MR) is 55.5 cm³/mol. The standard InChI is InChI=1S/C9H11ClF3NS/c10-5-1-2-7-6-15-8(14-7)3-4-9(11,12)13/h6H,1-5H2. The number of rotatable bonds is 5. The summed E-state index contributed by atoms with van der Waals surface area (Å²) < 4.78 is 35.7. The minimum Gasteiger partial charge on any atom is -0.246 e. The molecule has 1 aromatic rings. The van der Waals surface area contributed by atoms with Gasteiger partial charge in [0.2, 0.25) is 0 Å². The summed E-state index contributed by atoms with van der Waals surface area (Å²) in [5.41, 5.74) is 0.845. The number of halogens is 4. The molecule has 0 radical (unpaired) electrons. The molecule has 1 nitrogen and oxygen atoms in total. The zero-order chi connectivity index (χ0) is 11.3. The second-order valence-corrected chi connectivity index (χ2v) is 4.46. The number of aryl methyl sites for hydroxylation is 2. The Balaban J connectivity index is 2.39. The second-order valence-electron chi connectivity index (χ2n) is 3.14. The topological polar surface area (TPSA) is 12.9 Å². The van der Waals surface area contributed by atoms with Crippen LogP contribution in [-0.4, -0.2) is 17.0 Å². The van der Waals surface area contributed by atoms with E-state index in [2.05, 4.69) is 4.98 Å². The van der Waals surface area contributed by atoms with E-state index in [1.165, 1.54) is 11.3 Å². The third kappa shape index (κ3) is 5.37. The average Bonchev–Trinajstić information content (AvgIpc) is 2.58. The highest BCUT2D eigenvalue weighted by Crippen LogP contribution is 2.23. The van der Waals surface area contributed by atoms with Gasteiger partial charge in [0.1, 0.15) is 0 Å². The van der Waals surface area contributed by atoms with Crippen molar-refractivity contribution in [3.63, 3.8) is 0 Å². The Morgan fingerprint density at radius 1 is 1.33 bits per heavy atom. The van der Waals surface area contributed by atoms with Crippen molar-refractivity contribution in [1.82, 2.24) is 4.98 Å². The molecule has 15 heavy (non-hydrogen) atoms. The number of hydrogen-bond donors (Lipinski definition) is 0. The van der Waals surface area contributed by atoms with Gasteiger partial charge in [-0.25, -0.2) is 4.98 Å². The summed E-state index contributed by atoms with van der Waals surface area (Å²) >= 11 is 6.79. The SMILES string of the molecule is FC(F)(F)CCc1nc(CCCCl)cs1. The van der Waals surface area contributed by atoms with Crippen molar-refractivity contribution in [3.8, 4) is 0 Å². The maximum atomic E-state index is 11.9. The van der Waals surface area contributed by atoms with E-state index in [9.17, 15) is 13.2 Å². The van der Waals surface area contributed by atoms with Gasteiger partial charge in [-0.2, -0.15) is 13.2 Å². The van der Waals surface area contributed by atoms with E-state index in [1.807, 2.05) is 0 Å². The summed E-state index contributed by atoms with van der Waals surface area (Å²) in [6.07, 6.45) is -3.36. The molecule has 0 saturated carbocycles. The minimum atomic E-state index is -4.10. The van der Waals surface area contributed by atoms with Crippen LogP contribution in [0.2, 0.25) is 0 Å². The molecule has 6 heteroatoms. The van der Waals surface area contributed by atoms with Crippen molar-refractivity contribution < 1.29 is 13.2 Å². The minimum absolute atomic E-state index is 0.0188. The quantitative estimate of drug-likeness (QED) is 0.731. The van der Waals surface area contributed by atoms with Crippen LogP contribution in [0.1, 0.15) is 23.5 Å². The molecule has 0 amide bonds. The molecule has 0 atom stereocenters. The number of aromatic nitrogens is 1. The molecule has 0 aliphatic rings. The van der Waals surface area contributed by atoms with Gasteiger partial charge in [-0.3, -0.25) is 0 Å². The van der Waals surface area contributed by atoms with Gasteiger partial charge in [-0.1, -0.05) is 0 Å². The Hall–Kier alpha value is -0.290. The molecule has 1 aromatic heterocycles. The molecule has 0 saturated heterocycles. The van der Waals surface area contributed by atoms with Gasteiger partial charge in [0.05, 0.1) is 10.7 Å². The number of thiazole rings is 1. The van der Waals surface area contributed by atoms with Gasteiger partial charge in [-0.15, -0.1) is 22.9 Å². The van der Waals surface area contributed by atoms with Crippen LogP contribution in [-0.2, 0) is 12.8 Å². The van der Waals surface area contributed by atoms with Crippen LogP contribution in [0.3, 0.4) is 0 Å². The summed E-state index contributed by atoms with van der Waals surface area (Å²) in [5, 5.41) is 2.36. The maximum absolute atomic E-state index is 11.9. The lowest BCUT2D eigenvalue weighted by molar-refractivity contribution is -0.134. The van der Waals surface area contributed by atoms with Crippen molar-refractivity contribution in [3.05, 3.63) is 16.1 Å². The molecule has 0 spiro atoms. The molecule has 1 heterocycles. The molecule has 0 fully saturated rings. The third-order valence-corrected chi connectivity index (χ3v) is 3.01. The predicted octanol–water partition coefficient (Wildman–Crippen LogP) is 3.81. The molecule has 86 valence electrons. The van der Waals surface area contributed by atoms with Crippen LogP contribution < -0.4 is 0 Å². The van der Waals surface area contributed by atoms with E-state index < -0.39 is 12.6 Å². The Morgan fingerprint density at radius 2 is 2.07 bits per heavy atom. The lowest BCUT2D eigenvalue weighted by Crippen LogP contribution is -2.08. The van der Waals surface area contributed by atoms with E-state index in [4.69, 9.17) is 11.6 Å². The van der Waals surface area contributed by atoms with Crippen molar-refractivity contribution in [2.24, 2.45) is 0 Å². The first-order valence-corrected chi connectivity index (χ1v) is 5.98. The normalized spacial score (nSPS) is 12.0. The zero-order valence-corrected chi connectivity index (χ0v) is 9.55. The Kier molecular flexibility index (Phi) is 4.86. The van der Waals surface area contributed by atoms with Crippen LogP contribution in [0, 0.1) is 0 Å². The Bertz CT molecular complexity index is 298. The molecule has 0 N–H and O–H groups in total. The van der Waals surface area contributed by atoms with Gasteiger partial charge in [0.25, 0.3) is 0 Å². The number of hydrogen-bond acceptors (Lipinski definition) is 2. The van der Waals surface area contributed by atoms with Crippen LogP contribution in [0.4, 0.5) is 13.2 Å². The lowest BCUT2D eigenvalue weighted by atomic mass is 10.3. The summed E-state index contributed by atoms with van der Waals surface area (Å²) in [6.45, 7) is 0. The van der Waals surface area contributed by atoms with Crippen molar-refractivity contribution in [2.45, 2.75) is 31.9 Å². The van der Waals surface area contributed by atoms with E-state index in [0.717, 1.165) is 18.5 Å². The first-order valence-electron chi connectivity index (χ1n) is 4.57. The highest BCUT2D eigenvalue weighted by Gasteiger charge is 2.27. The first-order chi connectivity index (χ1) is 7.01. The zero-order valence-electron chi connectivity index (χ0n) is 7.98. The highest BCUT2D eigenvalue weighted by atomic mass is 35.5. The van der Waals surface area contributed by atoms with Crippen molar-refractivity contribution in [1.29, 1.82) is 0 Å². The van der Waals surface area contributed by atoms with Crippen LogP contribution >= 0.6 is 22.9 Å². The third-order valence-electron chi connectivity index (χ3n) is 1.79. The number of alkyl halides is 4. The Labute approximate surface area is 95.3 Å². The fourth-order valence-corrected chi connectivity index (χ4v) is 2.04. The fraction of sp³-hybridized carbons (Fsp3) is 0.667. The monoisotopic (exact) mass is 257 g/mol. The largest absolute Gasteiger partial charge is 0.389 e. The molecule has 0 aliphatic heterocycles. The molecular formula is C9H11ClF3NS. The lowest BCUT2D eigenvalue weighted by Gasteiger charge is -2.02. The van der Waals surface area contributed by atoms with E-state index in [0.29, 0.717) is 10.9 Å². The van der Waals surface area contributed by atoms with Crippen LogP contribution in [0.25, 0.3) is 0 Å². The first kappa shape index (κ1) is 12.8. The van der Waals surface area contributed by atoms with Crippen molar-refractivity contribution >= 4 is 22.9 Å². The second kappa shape index (κ2) is 5.70. The molecule has 0 unspecified atom stereocenters. The molecular weight excluding hydrogens is 247 g/mol. The van der Waals surface area contributed by atoms with Crippen LogP contribution in [0.5, 0.6) is 0 Å². The Morgan fingerprint density at radius 3 is 2.67 bits per heavy atom. The van der Waals surface area contributed by atoms with Gasteiger partial charge in [0.15, 0.2) is 0 Å². The van der Waals surface area contributed by atoms with Gasteiger partial charge < -0.3 is 0 Å².